The number of nitrogens with zero attached hydrogens (tertiary/aromatic N) is 1. The fourth-order valence-electron chi connectivity index (χ4n) is 2.21. The monoisotopic (exact) mass is 232 g/mol. The van der Waals surface area contributed by atoms with Gasteiger partial charge in [-0.3, -0.25) is 0 Å². The van der Waals surface area contributed by atoms with Crippen molar-refractivity contribution in [3.05, 3.63) is 28.8 Å². The van der Waals surface area contributed by atoms with E-state index in [4.69, 9.17) is 0 Å². The van der Waals surface area contributed by atoms with Crippen molar-refractivity contribution in [1.29, 1.82) is 0 Å². The largest absolute Gasteiger partial charge is 0.314 e. The molecule has 3 rings (SSSR count). The van der Waals surface area contributed by atoms with Gasteiger partial charge in [0.25, 0.3) is 0 Å². The summed E-state index contributed by atoms with van der Waals surface area (Å²) in [7, 11) is 1.96. The molecule has 0 atom stereocenters. The van der Waals surface area contributed by atoms with E-state index in [1.165, 1.54) is 34.5 Å². The number of nitrogens with one attached hydrogen (secondary N) is 1. The van der Waals surface area contributed by atoms with Crippen molar-refractivity contribution in [3.8, 4) is 0 Å². The molecule has 1 saturated carbocycles. The Kier molecular flexibility index (Phi) is 2.65. The summed E-state index contributed by atoms with van der Waals surface area (Å²) in [4.78, 5) is 4.60. The number of hydrogen-bond donors (Lipinski definition) is 1. The van der Waals surface area contributed by atoms with Crippen molar-refractivity contribution in [2.24, 2.45) is 0 Å². The number of benzene rings is 1. The van der Waals surface area contributed by atoms with Crippen LogP contribution in [0.15, 0.2) is 18.2 Å². The summed E-state index contributed by atoms with van der Waals surface area (Å²) in [6.45, 7) is 0.873. The minimum atomic E-state index is 0.819. The van der Waals surface area contributed by atoms with E-state index in [0.29, 0.717) is 0 Å². The normalized spacial score (nSPS) is 16.6. The molecule has 0 spiro atoms. The van der Waals surface area contributed by atoms with Crippen LogP contribution in [0.5, 0.6) is 0 Å². The summed E-state index contributed by atoms with van der Waals surface area (Å²) < 4.78 is 1.34. The average molecular weight is 232 g/mol. The molecule has 0 bridgehead atoms. The summed E-state index contributed by atoms with van der Waals surface area (Å²) in [5.41, 5.74) is 2.66. The van der Waals surface area contributed by atoms with E-state index in [0.717, 1.165) is 18.0 Å². The Balaban J connectivity index is 1.96. The molecule has 0 saturated heterocycles. The van der Waals surface area contributed by atoms with Crippen LogP contribution in [0.3, 0.4) is 0 Å². The maximum Gasteiger partial charge on any atom is 0.108 e. The van der Waals surface area contributed by atoms with Crippen LogP contribution in [0.2, 0.25) is 0 Å². The zero-order valence-electron chi connectivity index (χ0n) is 9.49. The molecular formula is C13H16N2S. The lowest BCUT2D eigenvalue weighted by molar-refractivity contribution is 0.420. The van der Waals surface area contributed by atoms with Crippen LogP contribution < -0.4 is 5.32 Å². The first-order chi connectivity index (χ1) is 7.86. The number of aromatic nitrogens is 1. The Hall–Kier alpha value is -0.930. The van der Waals surface area contributed by atoms with Crippen molar-refractivity contribution in [3.63, 3.8) is 0 Å². The zero-order chi connectivity index (χ0) is 11.0. The smallest absolute Gasteiger partial charge is 0.108 e. The van der Waals surface area contributed by atoms with Gasteiger partial charge in [0.1, 0.15) is 5.01 Å². The highest BCUT2D eigenvalue weighted by Gasteiger charge is 2.19. The van der Waals surface area contributed by atoms with Crippen LogP contribution in [0, 0.1) is 0 Å². The average Bonchev–Trinajstić information content (AvgIpc) is 2.57. The van der Waals surface area contributed by atoms with Gasteiger partial charge in [-0.2, -0.15) is 0 Å². The molecule has 2 nitrogen and oxygen atoms in total. The third-order valence-corrected chi connectivity index (χ3v) is 4.38. The molecule has 16 heavy (non-hydrogen) atoms. The van der Waals surface area contributed by atoms with Crippen molar-refractivity contribution >= 4 is 21.6 Å². The summed E-state index contributed by atoms with van der Waals surface area (Å²) in [6, 6.07) is 6.78. The lowest BCUT2D eigenvalue weighted by atomic mass is 9.80. The Labute approximate surface area is 99.7 Å². The van der Waals surface area contributed by atoms with E-state index in [1.807, 2.05) is 18.4 Å². The molecule has 1 aliphatic rings. The molecule has 0 unspecified atom stereocenters. The Morgan fingerprint density at radius 2 is 2.31 bits per heavy atom. The molecule has 84 valence electrons. The predicted octanol–water partition coefficient (Wildman–Crippen LogP) is 3.28. The first-order valence-corrected chi connectivity index (χ1v) is 6.72. The zero-order valence-corrected chi connectivity index (χ0v) is 10.3. The van der Waals surface area contributed by atoms with E-state index in [2.05, 4.69) is 28.5 Å². The van der Waals surface area contributed by atoms with Gasteiger partial charge in [0.05, 0.1) is 10.2 Å². The van der Waals surface area contributed by atoms with Gasteiger partial charge in [-0.15, -0.1) is 11.3 Å². The van der Waals surface area contributed by atoms with Gasteiger partial charge in [0.2, 0.25) is 0 Å². The van der Waals surface area contributed by atoms with Crippen molar-refractivity contribution in [2.45, 2.75) is 31.7 Å². The van der Waals surface area contributed by atoms with Gasteiger partial charge in [-0.1, -0.05) is 12.5 Å². The van der Waals surface area contributed by atoms with Crippen molar-refractivity contribution in [2.75, 3.05) is 7.05 Å². The molecule has 1 N–H and O–H groups in total. The predicted molar refractivity (Wildman–Crippen MR) is 69.0 cm³/mol. The molecule has 3 heteroatoms. The molecular weight excluding hydrogens is 216 g/mol. The van der Waals surface area contributed by atoms with E-state index in [1.54, 1.807) is 0 Å². The number of hydrogen-bond acceptors (Lipinski definition) is 3. The van der Waals surface area contributed by atoms with E-state index < -0.39 is 0 Å². The van der Waals surface area contributed by atoms with Crippen molar-refractivity contribution < 1.29 is 0 Å². The minimum Gasteiger partial charge on any atom is -0.314 e. The maximum atomic E-state index is 4.60. The lowest BCUT2D eigenvalue weighted by Crippen LogP contribution is -2.08. The first kappa shape index (κ1) is 10.2. The molecule has 0 amide bonds. The van der Waals surface area contributed by atoms with E-state index >= 15 is 0 Å². The second-order valence-corrected chi connectivity index (χ2v) is 5.61. The first-order valence-electron chi connectivity index (χ1n) is 5.91. The van der Waals surface area contributed by atoms with Gasteiger partial charge in [0, 0.05) is 6.54 Å². The van der Waals surface area contributed by atoms with Gasteiger partial charge < -0.3 is 5.32 Å². The summed E-state index contributed by atoms with van der Waals surface area (Å²) in [6.07, 6.45) is 4.14. The highest BCUT2D eigenvalue weighted by molar-refractivity contribution is 7.18. The van der Waals surface area contributed by atoms with Crippen molar-refractivity contribution in [1.82, 2.24) is 10.3 Å². The summed E-state index contributed by atoms with van der Waals surface area (Å²) in [5.74, 6) is 0.819. The van der Waals surface area contributed by atoms with Crippen LogP contribution >= 0.6 is 11.3 Å². The second kappa shape index (κ2) is 4.15. The number of fused-ring (bicyclic) bond motifs is 1. The summed E-state index contributed by atoms with van der Waals surface area (Å²) in [5, 5.41) is 4.34. The Bertz CT molecular complexity index is 500. The topological polar surface area (TPSA) is 24.9 Å². The maximum absolute atomic E-state index is 4.60. The number of thiazole rings is 1. The summed E-state index contributed by atoms with van der Waals surface area (Å²) >= 11 is 1.81. The van der Waals surface area contributed by atoms with E-state index in [9.17, 15) is 0 Å². The van der Waals surface area contributed by atoms with Gasteiger partial charge in [-0.25, -0.2) is 4.98 Å². The molecule has 1 aromatic carbocycles. The van der Waals surface area contributed by atoms with Crippen LogP contribution in [-0.4, -0.2) is 12.0 Å². The molecule has 2 aromatic rings. The lowest BCUT2D eigenvalue weighted by Gasteiger charge is -2.25. The fourth-order valence-corrected chi connectivity index (χ4v) is 3.24. The van der Waals surface area contributed by atoms with Crippen LogP contribution in [0.4, 0.5) is 0 Å². The molecule has 0 aliphatic heterocycles. The van der Waals surface area contributed by atoms with Crippen LogP contribution in [0.1, 0.15) is 35.8 Å². The molecule has 0 radical (unpaired) electrons. The second-order valence-electron chi connectivity index (χ2n) is 4.49. The minimum absolute atomic E-state index is 0.819. The van der Waals surface area contributed by atoms with Gasteiger partial charge in [0.15, 0.2) is 0 Å². The molecule has 1 aromatic heterocycles. The number of rotatable bonds is 3. The van der Waals surface area contributed by atoms with Crippen LogP contribution in [0.25, 0.3) is 10.2 Å². The Morgan fingerprint density at radius 1 is 1.44 bits per heavy atom. The molecule has 1 heterocycles. The third kappa shape index (κ3) is 1.74. The highest BCUT2D eigenvalue weighted by atomic mass is 32.1. The van der Waals surface area contributed by atoms with E-state index in [-0.39, 0.29) is 0 Å². The standard InChI is InChI=1S/C13H16N2S/c1-14-8-13-15-11-6-5-10(7-12(11)16-13)9-3-2-4-9/h5-7,9,14H,2-4,8H2,1H3. The Morgan fingerprint density at radius 3 is 3.00 bits per heavy atom. The highest BCUT2D eigenvalue weighted by Crippen LogP contribution is 2.38. The van der Waals surface area contributed by atoms with Crippen LogP contribution in [-0.2, 0) is 6.54 Å². The van der Waals surface area contributed by atoms with Gasteiger partial charge in [-0.05, 0) is 43.5 Å². The SMILES string of the molecule is CNCc1nc2ccc(C3CCC3)cc2s1. The van der Waals surface area contributed by atoms with Gasteiger partial charge >= 0.3 is 0 Å². The quantitative estimate of drug-likeness (QED) is 0.878. The molecule has 1 aliphatic carbocycles. The fraction of sp³-hybridized carbons (Fsp3) is 0.462. The molecule has 1 fully saturated rings. The third-order valence-electron chi connectivity index (χ3n) is 3.36.